The molecule has 0 radical (unpaired) electrons. The number of aliphatic hydroxyl groups is 1. The van der Waals surface area contributed by atoms with Crippen molar-refractivity contribution in [3.63, 3.8) is 0 Å². The second-order valence-corrected chi connectivity index (χ2v) is 17.5. The number of hydrogen-bond donors (Lipinski definition) is 1. The molecule has 3 heteroatoms. The third-order valence-electron chi connectivity index (χ3n) is 11.8. The fraction of sp³-hybridized carbons (Fsp3) is 1.00. The van der Waals surface area contributed by atoms with Crippen molar-refractivity contribution in [3.8, 4) is 0 Å². The predicted molar refractivity (Wildman–Crippen MR) is 154 cm³/mol. The molecule has 10 atom stereocenters. The average molecular weight is 603 g/mol. The molecule has 0 aromatic rings. The quantitative estimate of drug-likeness (QED) is 0.288. The fourth-order valence-corrected chi connectivity index (χ4v) is 12.5. The molecule has 0 spiro atoms. The van der Waals surface area contributed by atoms with Gasteiger partial charge in [-0.2, -0.15) is 0 Å². The molecule has 198 valence electrons. The minimum atomic E-state index is -0.557. The third-order valence-corrected chi connectivity index (χ3v) is 15.4. The van der Waals surface area contributed by atoms with Crippen molar-refractivity contribution >= 4 is 31.9 Å². The molecule has 4 aliphatic rings. The Morgan fingerprint density at radius 1 is 0.971 bits per heavy atom. The lowest BCUT2D eigenvalue weighted by molar-refractivity contribution is -0.107. The van der Waals surface area contributed by atoms with Gasteiger partial charge in [-0.15, -0.1) is 0 Å². The van der Waals surface area contributed by atoms with Crippen LogP contribution in [0.2, 0.25) is 0 Å². The highest BCUT2D eigenvalue weighted by Gasteiger charge is 2.66. The van der Waals surface area contributed by atoms with E-state index in [4.69, 9.17) is 0 Å². The summed E-state index contributed by atoms with van der Waals surface area (Å²) in [4.78, 5) is 0.542. The molecule has 0 amide bonds. The van der Waals surface area contributed by atoms with Gasteiger partial charge in [0, 0.05) is 9.15 Å². The van der Waals surface area contributed by atoms with E-state index in [-0.39, 0.29) is 4.32 Å². The van der Waals surface area contributed by atoms with Crippen LogP contribution in [0, 0.1) is 52.3 Å². The van der Waals surface area contributed by atoms with Crippen molar-refractivity contribution in [3.05, 3.63) is 0 Å². The van der Waals surface area contributed by atoms with Gasteiger partial charge in [-0.3, -0.25) is 0 Å². The summed E-state index contributed by atoms with van der Waals surface area (Å²) < 4.78 is 0.172. The van der Waals surface area contributed by atoms with Crippen molar-refractivity contribution in [2.75, 3.05) is 0 Å². The zero-order valence-corrected chi connectivity index (χ0v) is 26.5. The summed E-state index contributed by atoms with van der Waals surface area (Å²) in [6.45, 7) is 16.7. The minimum absolute atomic E-state index is 0.172. The van der Waals surface area contributed by atoms with Gasteiger partial charge in [-0.25, -0.2) is 0 Å². The number of rotatable bonds is 7. The third kappa shape index (κ3) is 4.88. The Morgan fingerprint density at radius 2 is 1.68 bits per heavy atom. The molecule has 4 aliphatic carbocycles. The van der Waals surface area contributed by atoms with Crippen LogP contribution < -0.4 is 0 Å². The predicted octanol–water partition coefficient (Wildman–Crippen LogP) is 9.78. The lowest BCUT2D eigenvalue weighted by Crippen LogP contribution is -2.64. The van der Waals surface area contributed by atoms with E-state index in [1.165, 1.54) is 70.6 Å². The van der Waals surface area contributed by atoms with E-state index in [0.717, 1.165) is 41.9 Å². The van der Waals surface area contributed by atoms with Gasteiger partial charge < -0.3 is 5.11 Å². The second-order valence-electron chi connectivity index (χ2n) is 15.0. The maximum atomic E-state index is 10.5. The summed E-state index contributed by atoms with van der Waals surface area (Å²) in [5.41, 5.74) is 0.368. The van der Waals surface area contributed by atoms with Gasteiger partial charge in [-0.05, 0) is 124 Å². The Hall–Kier alpha value is 0.920. The van der Waals surface area contributed by atoms with Crippen molar-refractivity contribution in [1.29, 1.82) is 0 Å². The molecular formula is C31H54Br2O. The monoisotopic (exact) mass is 600 g/mol. The molecule has 4 rings (SSSR count). The molecule has 0 saturated heterocycles. The largest absolute Gasteiger partial charge is 0.390 e. The lowest BCUT2D eigenvalue weighted by Gasteiger charge is -2.66. The maximum Gasteiger partial charge on any atom is 0.0594 e. The molecule has 0 aromatic heterocycles. The molecular weight excluding hydrogens is 548 g/mol. The molecule has 1 N–H and O–H groups in total. The molecule has 4 saturated carbocycles. The van der Waals surface area contributed by atoms with E-state index in [0.29, 0.717) is 21.6 Å². The topological polar surface area (TPSA) is 20.2 Å². The van der Waals surface area contributed by atoms with Gasteiger partial charge in [0.05, 0.1) is 5.60 Å². The molecule has 34 heavy (non-hydrogen) atoms. The first-order valence-electron chi connectivity index (χ1n) is 14.8. The van der Waals surface area contributed by atoms with Crippen molar-refractivity contribution < 1.29 is 5.11 Å². The summed E-state index contributed by atoms with van der Waals surface area (Å²) >= 11 is 8.72. The van der Waals surface area contributed by atoms with Gasteiger partial charge in [0.1, 0.15) is 0 Å². The number of fused-ring (bicyclic) bond motifs is 5. The number of alkyl halides is 2. The molecule has 4 fully saturated rings. The molecule has 0 heterocycles. The highest BCUT2D eigenvalue weighted by molar-refractivity contribution is 9.12. The van der Waals surface area contributed by atoms with Crippen LogP contribution in [-0.2, 0) is 0 Å². The Kier molecular flexibility index (Phi) is 8.14. The smallest absolute Gasteiger partial charge is 0.0594 e. The molecule has 1 nitrogen and oxygen atoms in total. The van der Waals surface area contributed by atoms with Crippen LogP contribution in [0.15, 0.2) is 0 Å². The summed E-state index contributed by atoms with van der Waals surface area (Å²) in [7, 11) is 0. The zero-order valence-electron chi connectivity index (χ0n) is 23.3. The molecule has 0 aromatic carbocycles. The van der Waals surface area contributed by atoms with Crippen LogP contribution in [0.5, 0.6) is 0 Å². The van der Waals surface area contributed by atoms with Crippen LogP contribution in [-0.4, -0.2) is 19.9 Å². The standard InChI is InChI=1S/C31H54Br2O/c1-20(2)9-8-10-21(3)24-11-12-25-23-17-27(32)31(33)19-22(18-28(4,5)34)13-16-30(31,7)26(23)14-15-29(24,25)6/h20-27,34H,8-19H2,1-7H3/t21-,22-,23+,24-,25+,26+,27-,29-,30-,31+/m1/s1. The van der Waals surface area contributed by atoms with E-state index in [1.807, 2.05) is 13.8 Å². The second kappa shape index (κ2) is 9.91. The average Bonchev–Trinajstić information content (AvgIpc) is 3.06. The summed E-state index contributed by atoms with van der Waals surface area (Å²) in [5.74, 6) is 5.96. The Morgan fingerprint density at radius 3 is 2.32 bits per heavy atom. The normalized spacial score (nSPS) is 47.7. The number of hydrogen-bond acceptors (Lipinski definition) is 1. The molecule has 0 unspecified atom stereocenters. The van der Waals surface area contributed by atoms with Crippen molar-refractivity contribution in [2.45, 2.75) is 140 Å². The van der Waals surface area contributed by atoms with Crippen LogP contribution in [0.1, 0.15) is 126 Å². The van der Waals surface area contributed by atoms with E-state index in [1.54, 1.807) is 0 Å². The summed E-state index contributed by atoms with van der Waals surface area (Å²) in [5, 5.41) is 10.5. The van der Waals surface area contributed by atoms with E-state index >= 15 is 0 Å². The first-order valence-corrected chi connectivity index (χ1v) is 16.5. The van der Waals surface area contributed by atoms with Gasteiger partial charge in [0.2, 0.25) is 0 Å². The SMILES string of the molecule is CC(C)CCC[C@@H](C)[C@H]1CC[C@H]2[C@@H]3C[C@@H](Br)[C@@]4(Br)C[C@@H](CC(C)(C)O)CC[C@]4(C)[C@H]3CC[C@]12C. The Balaban J connectivity index is 1.51. The van der Waals surface area contributed by atoms with Gasteiger partial charge in [-0.1, -0.05) is 85.7 Å². The zero-order chi connectivity index (χ0) is 25.1. The van der Waals surface area contributed by atoms with Crippen molar-refractivity contribution in [1.82, 2.24) is 0 Å². The first-order chi connectivity index (χ1) is 15.7. The van der Waals surface area contributed by atoms with Gasteiger partial charge in [0.15, 0.2) is 0 Å². The highest BCUT2D eigenvalue weighted by atomic mass is 79.9. The van der Waals surface area contributed by atoms with E-state index < -0.39 is 5.60 Å². The van der Waals surface area contributed by atoms with Crippen LogP contribution >= 0.6 is 31.9 Å². The van der Waals surface area contributed by atoms with Crippen LogP contribution in [0.3, 0.4) is 0 Å². The Labute approximate surface area is 228 Å². The van der Waals surface area contributed by atoms with E-state index in [2.05, 4.69) is 66.5 Å². The molecule has 0 bridgehead atoms. The molecule has 0 aliphatic heterocycles. The lowest BCUT2D eigenvalue weighted by atomic mass is 9.43. The number of halogens is 2. The highest BCUT2D eigenvalue weighted by Crippen LogP contribution is 2.72. The van der Waals surface area contributed by atoms with Crippen molar-refractivity contribution in [2.24, 2.45) is 52.3 Å². The first kappa shape index (κ1) is 27.9. The van der Waals surface area contributed by atoms with Gasteiger partial charge >= 0.3 is 0 Å². The summed E-state index contributed by atoms with van der Waals surface area (Å²) in [6.07, 6.45) is 16.2. The summed E-state index contributed by atoms with van der Waals surface area (Å²) in [6, 6.07) is 0. The van der Waals surface area contributed by atoms with Crippen LogP contribution in [0.4, 0.5) is 0 Å². The van der Waals surface area contributed by atoms with Crippen LogP contribution in [0.25, 0.3) is 0 Å². The van der Waals surface area contributed by atoms with Gasteiger partial charge in [0.25, 0.3) is 0 Å². The maximum absolute atomic E-state index is 10.5. The fourth-order valence-electron chi connectivity index (χ4n) is 10.2. The van der Waals surface area contributed by atoms with E-state index in [9.17, 15) is 5.11 Å². The minimum Gasteiger partial charge on any atom is -0.390 e. The Bertz CT molecular complexity index is 715.